The molecular formula is C16H15BrO2. The van der Waals surface area contributed by atoms with Crippen molar-refractivity contribution in [1.82, 2.24) is 0 Å². The van der Waals surface area contributed by atoms with Gasteiger partial charge in [-0.25, -0.2) is 0 Å². The van der Waals surface area contributed by atoms with Crippen molar-refractivity contribution in [3.8, 4) is 5.75 Å². The minimum atomic E-state index is 0.106. The van der Waals surface area contributed by atoms with Crippen LogP contribution in [0, 0.1) is 6.92 Å². The number of methoxy groups -OCH3 is 1. The summed E-state index contributed by atoms with van der Waals surface area (Å²) in [7, 11) is 1.62. The normalized spacial score (nSPS) is 10.3. The fourth-order valence-electron chi connectivity index (χ4n) is 1.83. The second-order valence-corrected chi connectivity index (χ2v) is 5.28. The van der Waals surface area contributed by atoms with E-state index < -0.39 is 0 Å². The van der Waals surface area contributed by atoms with Crippen LogP contribution in [0.1, 0.15) is 21.5 Å². The van der Waals surface area contributed by atoms with Gasteiger partial charge in [0.2, 0.25) is 0 Å². The number of Topliss-reactive ketones (excluding diaryl/α,β-unsaturated/α-hetero) is 1. The van der Waals surface area contributed by atoms with Crippen molar-refractivity contribution >= 4 is 21.7 Å². The number of ether oxygens (including phenoxy) is 1. The molecule has 2 rings (SSSR count). The maximum absolute atomic E-state index is 12.2. The van der Waals surface area contributed by atoms with Crippen molar-refractivity contribution in [3.63, 3.8) is 0 Å². The highest BCUT2D eigenvalue weighted by Gasteiger charge is 2.10. The van der Waals surface area contributed by atoms with Crippen molar-refractivity contribution in [2.24, 2.45) is 0 Å². The largest absolute Gasteiger partial charge is 0.497 e. The fraction of sp³-hybridized carbons (Fsp3) is 0.188. The summed E-state index contributed by atoms with van der Waals surface area (Å²) >= 11 is 3.46. The Kier molecular flexibility index (Phi) is 4.38. The van der Waals surface area contributed by atoms with Gasteiger partial charge < -0.3 is 4.74 Å². The highest BCUT2D eigenvalue weighted by molar-refractivity contribution is 9.10. The molecule has 0 heterocycles. The van der Waals surface area contributed by atoms with Crippen LogP contribution >= 0.6 is 15.9 Å². The Hall–Kier alpha value is -1.61. The van der Waals surface area contributed by atoms with E-state index in [1.54, 1.807) is 7.11 Å². The lowest BCUT2D eigenvalue weighted by Crippen LogP contribution is -2.04. The lowest BCUT2D eigenvalue weighted by atomic mass is 10.0. The standard InChI is InChI=1S/C16H15BrO2/c1-11-3-5-12(6-4-11)16(18)10-13-9-14(19-2)7-8-15(13)17/h3-9H,10H2,1-2H3. The summed E-state index contributed by atoms with van der Waals surface area (Å²) in [4.78, 5) is 12.2. The zero-order valence-electron chi connectivity index (χ0n) is 10.9. The first-order valence-electron chi connectivity index (χ1n) is 6.02. The van der Waals surface area contributed by atoms with E-state index in [1.807, 2.05) is 49.4 Å². The number of carbonyl (C=O) groups excluding carboxylic acids is 1. The number of hydrogen-bond donors (Lipinski definition) is 0. The van der Waals surface area contributed by atoms with Crippen LogP contribution in [-0.4, -0.2) is 12.9 Å². The molecule has 2 nitrogen and oxygen atoms in total. The first kappa shape index (κ1) is 13.8. The zero-order valence-corrected chi connectivity index (χ0v) is 12.5. The predicted molar refractivity (Wildman–Crippen MR) is 79.9 cm³/mol. The van der Waals surface area contributed by atoms with Gasteiger partial charge in [-0.15, -0.1) is 0 Å². The number of hydrogen-bond acceptors (Lipinski definition) is 2. The van der Waals surface area contributed by atoms with Crippen molar-refractivity contribution < 1.29 is 9.53 Å². The molecule has 0 aliphatic rings. The van der Waals surface area contributed by atoms with Gasteiger partial charge in [0, 0.05) is 16.5 Å². The third-order valence-corrected chi connectivity index (χ3v) is 3.75. The van der Waals surface area contributed by atoms with Crippen LogP contribution in [0.5, 0.6) is 5.75 Å². The van der Waals surface area contributed by atoms with E-state index in [1.165, 1.54) is 0 Å². The molecule has 0 fully saturated rings. The molecule has 0 spiro atoms. The van der Waals surface area contributed by atoms with Gasteiger partial charge in [0.25, 0.3) is 0 Å². The molecule has 0 N–H and O–H groups in total. The van der Waals surface area contributed by atoms with Gasteiger partial charge >= 0.3 is 0 Å². The molecule has 0 aliphatic heterocycles. The van der Waals surface area contributed by atoms with E-state index in [0.29, 0.717) is 6.42 Å². The number of benzene rings is 2. The lowest BCUT2D eigenvalue weighted by Gasteiger charge is -2.07. The molecule has 0 saturated carbocycles. The Bertz CT molecular complexity index is 588. The molecule has 0 aromatic heterocycles. The molecule has 0 saturated heterocycles. The van der Waals surface area contributed by atoms with Gasteiger partial charge in [0.1, 0.15) is 5.75 Å². The fourth-order valence-corrected chi connectivity index (χ4v) is 2.21. The van der Waals surface area contributed by atoms with E-state index in [4.69, 9.17) is 4.74 Å². The number of aryl methyl sites for hydroxylation is 1. The molecule has 0 radical (unpaired) electrons. The smallest absolute Gasteiger partial charge is 0.167 e. The van der Waals surface area contributed by atoms with E-state index in [2.05, 4.69) is 15.9 Å². The SMILES string of the molecule is COc1ccc(Br)c(CC(=O)c2ccc(C)cc2)c1. The molecule has 0 aliphatic carbocycles. The van der Waals surface area contributed by atoms with Crippen LogP contribution in [0.2, 0.25) is 0 Å². The number of halogens is 1. The third kappa shape index (κ3) is 3.44. The first-order valence-corrected chi connectivity index (χ1v) is 6.81. The molecule has 0 bridgehead atoms. The van der Waals surface area contributed by atoms with Gasteiger partial charge in [-0.3, -0.25) is 4.79 Å². The molecule has 3 heteroatoms. The van der Waals surface area contributed by atoms with Crippen LogP contribution < -0.4 is 4.74 Å². The van der Waals surface area contributed by atoms with Crippen molar-refractivity contribution in [3.05, 3.63) is 63.6 Å². The highest BCUT2D eigenvalue weighted by Crippen LogP contribution is 2.24. The predicted octanol–water partition coefficient (Wildman–Crippen LogP) is 4.19. The summed E-state index contributed by atoms with van der Waals surface area (Å²) in [5.41, 5.74) is 2.82. The second-order valence-electron chi connectivity index (χ2n) is 4.42. The molecule has 2 aromatic rings. The lowest BCUT2D eigenvalue weighted by molar-refractivity contribution is 0.0993. The van der Waals surface area contributed by atoms with E-state index in [-0.39, 0.29) is 5.78 Å². The topological polar surface area (TPSA) is 26.3 Å². The molecule has 0 unspecified atom stereocenters. The zero-order chi connectivity index (χ0) is 13.8. The molecule has 0 atom stereocenters. The Morgan fingerprint density at radius 2 is 1.84 bits per heavy atom. The molecule has 19 heavy (non-hydrogen) atoms. The summed E-state index contributed by atoms with van der Waals surface area (Å²) in [5.74, 6) is 0.865. The average Bonchev–Trinajstić information content (AvgIpc) is 2.42. The van der Waals surface area contributed by atoms with Crippen LogP contribution in [0.25, 0.3) is 0 Å². The van der Waals surface area contributed by atoms with Gasteiger partial charge in [-0.05, 0) is 30.7 Å². The molecular weight excluding hydrogens is 304 g/mol. The molecule has 98 valence electrons. The Balaban J connectivity index is 2.21. The minimum absolute atomic E-state index is 0.106. The number of carbonyl (C=O) groups is 1. The minimum Gasteiger partial charge on any atom is -0.497 e. The number of ketones is 1. The Morgan fingerprint density at radius 3 is 2.47 bits per heavy atom. The van der Waals surface area contributed by atoms with E-state index in [9.17, 15) is 4.79 Å². The average molecular weight is 319 g/mol. The van der Waals surface area contributed by atoms with E-state index >= 15 is 0 Å². The Morgan fingerprint density at radius 1 is 1.16 bits per heavy atom. The van der Waals surface area contributed by atoms with Crippen LogP contribution in [-0.2, 0) is 6.42 Å². The summed E-state index contributed by atoms with van der Waals surface area (Å²) in [6, 6.07) is 13.3. The van der Waals surface area contributed by atoms with Crippen LogP contribution in [0.3, 0.4) is 0 Å². The quantitative estimate of drug-likeness (QED) is 0.790. The second kappa shape index (κ2) is 6.02. The van der Waals surface area contributed by atoms with Gasteiger partial charge in [0.05, 0.1) is 7.11 Å². The third-order valence-electron chi connectivity index (χ3n) is 2.98. The Labute approximate surface area is 121 Å². The van der Waals surface area contributed by atoms with E-state index in [0.717, 1.165) is 26.9 Å². The van der Waals surface area contributed by atoms with Gasteiger partial charge in [0.15, 0.2) is 5.78 Å². The maximum atomic E-state index is 12.2. The van der Waals surface area contributed by atoms with Gasteiger partial charge in [-0.1, -0.05) is 45.8 Å². The molecule has 0 amide bonds. The van der Waals surface area contributed by atoms with Crippen molar-refractivity contribution in [1.29, 1.82) is 0 Å². The summed E-state index contributed by atoms with van der Waals surface area (Å²) in [6.45, 7) is 2.01. The van der Waals surface area contributed by atoms with Crippen LogP contribution in [0.15, 0.2) is 46.9 Å². The number of rotatable bonds is 4. The van der Waals surface area contributed by atoms with Crippen molar-refractivity contribution in [2.45, 2.75) is 13.3 Å². The van der Waals surface area contributed by atoms with Crippen LogP contribution in [0.4, 0.5) is 0 Å². The first-order chi connectivity index (χ1) is 9.10. The maximum Gasteiger partial charge on any atom is 0.167 e. The monoisotopic (exact) mass is 318 g/mol. The summed E-state index contributed by atoms with van der Waals surface area (Å²) in [5, 5.41) is 0. The highest BCUT2D eigenvalue weighted by atomic mass is 79.9. The van der Waals surface area contributed by atoms with Gasteiger partial charge in [-0.2, -0.15) is 0 Å². The van der Waals surface area contributed by atoms with Crippen molar-refractivity contribution in [2.75, 3.05) is 7.11 Å². The summed E-state index contributed by atoms with van der Waals surface area (Å²) < 4.78 is 6.11. The molecule has 2 aromatic carbocycles. The summed E-state index contributed by atoms with van der Waals surface area (Å²) in [6.07, 6.45) is 0.362.